The van der Waals surface area contributed by atoms with Crippen LogP contribution in [0.4, 0.5) is 0 Å². The van der Waals surface area contributed by atoms with Crippen molar-refractivity contribution in [3.8, 4) is 0 Å². The zero-order valence-electron chi connectivity index (χ0n) is 13.6. The first-order chi connectivity index (χ1) is 10.9. The van der Waals surface area contributed by atoms with Crippen molar-refractivity contribution in [3.63, 3.8) is 0 Å². The van der Waals surface area contributed by atoms with E-state index >= 15 is 0 Å². The van der Waals surface area contributed by atoms with Crippen LogP contribution in [0.2, 0.25) is 0 Å². The summed E-state index contributed by atoms with van der Waals surface area (Å²) in [6.07, 6.45) is -0.0638. The van der Waals surface area contributed by atoms with Crippen LogP contribution >= 0.6 is 0 Å². The molecule has 1 heterocycles. The molecule has 1 atom stereocenters. The number of hydrogen-bond donors (Lipinski definition) is 0. The topological polar surface area (TPSA) is 82.6 Å². The predicted octanol–water partition coefficient (Wildman–Crippen LogP) is 3.87. The second-order valence-corrected chi connectivity index (χ2v) is 5.82. The molecule has 6 nitrogen and oxygen atoms in total. The van der Waals surface area contributed by atoms with Gasteiger partial charge in [0.15, 0.2) is 0 Å². The van der Waals surface area contributed by atoms with Gasteiger partial charge in [0.2, 0.25) is 6.54 Å². The summed E-state index contributed by atoms with van der Waals surface area (Å²) in [4.78, 5) is 22.1. The minimum Gasteiger partial charge on any atom is -0.466 e. The van der Waals surface area contributed by atoms with E-state index in [1.165, 1.54) is 5.56 Å². The number of rotatable bonds is 7. The Bertz CT molecular complexity index is 704. The molecule has 0 amide bonds. The number of hydrogen-bond acceptors (Lipinski definition) is 5. The quantitative estimate of drug-likeness (QED) is 0.439. The highest BCUT2D eigenvalue weighted by Gasteiger charge is 2.26. The Morgan fingerprint density at radius 1 is 1.35 bits per heavy atom. The number of nitro groups is 1. The van der Waals surface area contributed by atoms with Crippen molar-refractivity contribution in [1.82, 2.24) is 0 Å². The van der Waals surface area contributed by atoms with Gasteiger partial charge in [-0.3, -0.25) is 14.9 Å². The fraction of sp³-hybridized carbons (Fsp3) is 0.471. The number of carbonyl (C=O) groups is 1. The van der Waals surface area contributed by atoms with E-state index in [2.05, 4.69) is 13.8 Å². The fourth-order valence-corrected chi connectivity index (χ4v) is 2.50. The molecule has 0 N–H and O–H groups in total. The Kier molecular flexibility index (Phi) is 5.36. The Morgan fingerprint density at radius 2 is 2.09 bits per heavy atom. The van der Waals surface area contributed by atoms with Crippen LogP contribution in [0.25, 0.3) is 11.0 Å². The third-order valence-electron chi connectivity index (χ3n) is 3.72. The molecular weight excluding hydrogens is 298 g/mol. The van der Waals surface area contributed by atoms with E-state index in [0.29, 0.717) is 17.3 Å². The van der Waals surface area contributed by atoms with Crippen LogP contribution in [0.15, 0.2) is 28.7 Å². The molecule has 0 bridgehead atoms. The van der Waals surface area contributed by atoms with Crippen molar-refractivity contribution in [2.75, 3.05) is 13.2 Å². The van der Waals surface area contributed by atoms with Gasteiger partial charge in [-0.15, -0.1) is 0 Å². The van der Waals surface area contributed by atoms with E-state index in [0.717, 1.165) is 5.39 Å². The molecule has 2 rings (SSSR count). The van der Waals surface area contributed by atoms with E-state index in [1.807, 2.05) is 18.2 Å². The van der Waals surface area contributed by atoms with Gasteiger partial charge in [-0.2, -0.15) is 0 Å². The second kappa shape index (κ2) is 7.26. The largest absolute Gasteiger partial charge is 0.466 e. The van der Waals surface area contributed by atoms with Crippen LogP contribution in [0.1, 0.15) is 50.4 Å². The molecule has 0 aliphatic rings. The van der Waals surface area contributed by atoms with Crippen molar-refractivity contribution in [3.05, 3.63) is 45.7 Å². The van der Waals surface area contributed by atoms with Crippen molar-refractivity contribution in [2.45, 2.75) is 39.0 Å². The van der Waals surface area contributed by atoms with Gasteiger partial charge in [0.25, 0.3) is 0 Å². The van der Waals surface area contributed by atoms with Crippen LogP contribution < -0.4 is 0 Å². The summed E-state index contributed by atoms with van der Waals surface area (Å²) in [6.45, 7) is 5.78. The maximum Gasteiger partial charge on any atom is 0.306 e. The summed E-state index contributed by atoms with van der Waals surface area (Å²) >= 11 is 0. The summed E-state index contributed by atoms with van der Waals surface area (Å²) < 4.78 is 10.6. The number of nitrogens with zero attached hydrogens (tertiary/aromatic N) is 1. The van der Waals surface area contributed by atoms with Gasteiger partial charge in [-0.25, -0.2) is 0 Å². The highest BCUT2D eigenvalue weighted by molar-refractivity contribution is 5.79. The number of ether oxygens (including phenoxy) is 1. The Balaban J connectivity index is 2.31. The lowest BCUT2D eigenvalue weighted by Gasteiger charge is -2.09. The van der Waals surface area contributed by atoms with E-state index in [4.69, 9.17) is 9.15 Å². The lowest BCUT2D eigenvalue weighted by Crippen LogP contribution is -2.17. The first-order valence-corrected chi connectivity index (χ1v) is 7.71. The fourth-order valence-electron chi connectivity index (χ4n) is 2.50. The maximum absolute atomic E-state index is 11.7. The Hall–Kier alpha value is -2.37. The lowest BCUT2D eigenvalue weighted by molar-refractivity contribution is -0.483. The molecule has 0 spiro atoms. The van der Waals surface area contributed by atoms with Crippen LogP contribution in [-0.4, -0.2) is 24.0 Å². The molecule has 23 heavy (non-hydrogen) atoms. The summed E-state index contributed by atoms with van der Waals surface area (Å²) in [6, 6.07) is 7.64. The molecule has 0 aliphatic heterocycles. The van der Waals surface area contributed by atoms with Crippen LogP contribution in [0.3, 0.4) is 0 Å². The highest BCUT2D eigenvalue weighted by atomic mass is 16.6. The van der Waals surface area contributed by atoms with Crippen molar-refractivity contribution in [1.29, 1.82) is 0 Å². The smallest absolute Gasteiger partial charge is 0.306 e. The van der Waals surface area contributed by atoms with Gasteiger partial charge >= 0.3 is 5.97 Å². The third-order valence-corrected chi connectivity index (χ3v) is 3.72. The first kappa shape index (κ1) is 17.0. The van der Waals surface area contributed by atoms with Gasteiger partial charge in [0.05, 0.1) is 18.9 Å². The molecule has 124 valence electrons. The predicted molar refractivity (Wildman–Crippen MR) is 86.2 cm³/mol. The first-order valence-electron chi connectivity index (χ1n) is 7.71. The van der Waals surface area contributed by atoms with Gasteiger partial charge in [-0.1, -0.05) is 19.9 Å². The van der Waals surface area contributed by atoms with Gasteiger partial charge in [0, 0.05) is 10.3 Å². The molecular formula is C17H21NO5. The molecule has 1 aromatic carbocycles. The second-order valence-electron chi connectivity index (χ2n) is 5.82. The van der Waals surface area contributed by atoms with Gasteiger partial charge < -0.3 is 9.15 Å². The third kappa shape index (κ3) is 4.31. The lowest BCUT2D eigenvalue weighted by atomic mass is 10.00. The summed E-state index contributed by atoms with van der Waals surface area (Å²) in [5, 5.41) is 11.8. The summed E-state index contributed by atoms with van der Waals surface area (Å²) in [7, 11) is 0. The number of esters is 1. The average Bonchev–Trinajstić information content (AvgIpc) is 2.89. The van der Waals surface area contributed by atoms with E-state index < -0.39 is 16.8 Å². The zero-order valence-corrected chi connectivity index (χ0v) is 13.6. The highest BCUT2D eigenvalue weighted by Crippen LogP contribution is 2.30. The monoisotopic (exact) mass is 319 g/mol. The molecule has 1 unspecified atom stereocenters. The maximum atomic E-state index is 11.7. The van der Waals surface area contributed by atoms with Gasteiger partial charge in [-0.05, 0) is 36.6 Å². The Morgan fingerprint density at radius 3 is 2.70 bits per heavy atom. The number of furan rings is 1. The van der Waals surface area contributed by atoms with E-state index in [-0.39, 0.29) is 19.6 Å². The Labute approximate surface area is 134 Å². The van der Waals surface area contributed by atoms with Crippen molar-refractivity contribution in [2.24, 2.45) is 0 Å². The standard InChI is InChI=1S/C17H21NO5/c1-4-22-17(19)9-14(10-18(20)21)16-8-13-7-12(11(2)3)5-6-15(13)23-16/h5-8,11,14H,4,9-10H2,1-3H3. The van der Waals surface area contributed by atoms with Gasteiger partial charge in [0.1, 0.15) is 11.3 Å². The van der Waals surface area contributed by atoms with Crippen LogP contribution in [0.5, 0.6) is 0 Å². The molecule has 0 saturated carbocycles. The molecule has 0 fully saturated rings. The number of carbonyl (C=O) groups excluding carboxylic acids is 1. The molecule has 0 radical (unpaired) electrons. The van der Waals surface area contributed by atoms with Crippen molar-refractivity contribution >= 4 is 16.9 Å². The zero-order chi connectivity index (χ0) is 17.0. The average molecular weight is 319 g/mol. The van der Waals surface area contributed by atoms with Crippen LogP contribution in [-0.2, 0) is 9.53 Å². The molecule has 1 aromatic heterocycles. The normalized spacial score (nSPS) is 12.5. The molecule has 2 aromatic rings. The SMILES string of the molecule is CCOC(=O)CC(C[N+](=O)[O-])c1cc2cc(C(C)C)ccc2o1. The van der Waals surface area contributed by atoms with E-state index in [1.54, 1.807) is 13.0 Å². The number of fused-ring (bicyclic) bond motifs is 1. The minimum atomic E-state index is -0.626. The molecule has 0 aliphatic carbocycles. The summed E-state index contributed by atoms with van der Waals surface area (Å²) in [5.74, 6) is -0.251. The number of benzene rings is 1. The van der Waals surface area contributed by atoms with Crippen LogP contribution in [0, 0.1) is 10.1 Å². The molecule has 0 saturated heterocycles. The minimum absolute atomic E-state index is 0.0638. The van der Waals surface area contributed by atoms with Crippen molar-refractivity contribution < 1.29 is 18.9 Å². The summed E-state index contributed by atoms with van der Waals surface area (Å²) in [5.41, 5.74) is 1.84. The van der Waals surface area contributed by atoms with E-state index in [9.17, 15) is 14.9 Å². The molecule has 6 heteroatoms.